The first-order chi connectivity index (χ1) is 9.24. The molecule has 0 fully saturated rings. The zero-order valence-electron chi connectivity index (χ0n) is 10.8. The van der Waals surface area contributed by atoms with Crippen molar-refractivity contribution in [3.05, 3.63) is 42.0 Å². The summed E-state index contributed by atoms with van der Waals surface area (Å²) in [5.74, 6) is 1.57. The van der Waals surface area contributed by atoms with E-state index in [-0.39, 0.29) is 0 Å². The lowest BCUT2D eigenvalue weighted by Gasteiger charge is -2.19. The summed E-state index contributed by atoms with van der Waals surface area (Å²) in [6, 6.07) is 11.7. The highest BCUT2D eigenvalue weighted by Gasteiger charge is 2.12. The lowest BCUT2D eigenvalue weighted by molar-refractivity contribution is 0.171. The Morgan fingerprint density at radius 3 is 2.68 bits per heavy atom. The van der Waals surface area contributed by atoms with Gasteiger partial charge < -0.3 is 20.5 Å². The van der Waals surface area contributed by atoms with Crippen molar-refractivity contribution in [2.75, 3.05) is 24.3 Å². The van der Waals surface area contributed by atoms with E-state index in [0.29, 0.717) is 13.2 Å². The molecule has 19 heavy (non-hydrogen) atoms. The molecule has 3 rings (SSSR count). The summed E-state index contributed by atoms with van der Waals surface area (Å²) in [6.45, 7) is 3.19. The maximum atomic E-state index is 5.90. The van der Waals surface area contributed by atoms with E-state index in [1.807, 2.05) is 43.3 Å². The third-order valence-corrected chi connectivity index (χ3v) is 3.20. The molecule has 0 atom stereocenters. The molecule has 1 aliphatic rings. The lowest BCUT2D eigenvalue weighted by atomic mass is 10.1. The summed E-state index contributed by atoms with van der Waals surface area (Å²) >= 11 is 0. The van der Waals surface area contributed by atoms with Crippen LogP contribution in [0.15, 0.2) is 36.4 Å². The first kappa shape index (κ1) is 11.7. The third-order valence-electron chi connectivity index (χ3n) is 3.20. The fraction of sp³-hybridized carbons (Fsp3) is 0.200. The molecule has 1 heterocycles. The molecule has 4 heteroatoms. The first-order valence-electron chi connectivity index (χ1n) is 6.26. The van der Waals surface area contributed by atoms with Crippen LogP contribution >= 0.6 is 0 Å². The second kappa shape index (κ2) is 4.72. The number of hydrogen-bond acceptors (Lipinski definition) is 4. The average molecular weight is 256 g/mol. The van der Waals surface area contributed by atoms with Crippen molar-refractivity contribution in [2.24, 2.45) is 0 Å². The minimum Gasteiger partial charge on any atom is -0.486 e. The smallest absolute Gasteiger partial charge is 0.163 e. The molecule has 0 saturated heterocycles. The van der Waals surface area contributed by atoms with Crippen molar-refractivity contribution in [3.8, 4) is 11.5 Å². The minimum atomic E-state index is 0.591. The molecule has 0 amide bonds. The summed E-state index contributed by atoms with van der Waals surface area (Å²) in [6.07, 6.45) is 0. The normalized spacial score (nSPS) is 13.1. The lowest BCUT2D eigenvalue weighted by Crippen LogP contribution is -2.15. The van der Waals surface area contributed by atoms with Crippen molar-refractivity contribution in [2.45, 2.75) is 6.92 Å². The second-order valence-corrected chi connectivity index (χ2v) is 4.50. The van der Waals surface area contributed by atoms with Gasteiger partial charge in [-0.15, -0.1) is 0 Å². The van der Waals surface area contributed by atoms with Gasteiger partial charge in [0.15, 0.2) is 11.5 Å². The van der Waals surface area contributed by atoms with Crippen LogP contribution in [0.2, 0.25) is 0 Å². The van der Waals surface area contributed by atoms with Crippen molar-refractivity contribution in [1.29, 1.82) is 0 Å². The van der Waals surface area contributed by atoms with Crippen LogP contribution in [0.3, 0.4) is 0 Å². The van der Waals surface area contributed by atoms with Crippen LogP contribution in [0.4, 0.5) is 17.1 Å². The minimum absolute atomic E-state index is 0.591. The fourth-order valence-corrected chi connectivity index (χ4v) is 2.07. The van der Waals surface area contributed by atoms with Crippen molar-refractivity contribution < 1.29 is 9.47 Å². The van der Waals surface area contributed by atoms with Crippen LogP contribution in [-0.4, -0.2) is 13.2 Å². The first-order valence-corrected chi connectivity index (χ1v) is 6.26. The highest BCUT2D eigenvalue weighted by Crippen LogP contribution is 2.34. The second-order valence-electron chi connectivity index (χ2n) is 4.50. The Labute approximate surface area is 112 Å². The van der Waals surface area contributed by atoms with E-state index in [4.69, 9.17) is 15.2 Å². The predicted molar refractivity (Wildman–Crippen MR) is 76.3 cm³/mol. The third kappa shape index (κ3) is 2.29. The van der Waals surface area contributed by atoms with Gasteiger partial charge in [0.2, 0.25) is 0 Å². The van der Waals surface area contributed by atoms with E-state index >= 15 is 0 Å². The van der Waals surface area contributed by atoms with Gasteiger partial charge in [-0.2, -0.15) is 0 Å². The number of anilines is 3. The Morgan fingerprint density at radius 2 is 1.84 bits per heavy atom. The van der Waals surface area contributed by atoms with Gasteiger partial charge >= 0.3 is 0 Å². The molecule has 0 unspecified atom stereocenters. The van der Waals surface area contributed by atoms with E-state index in [1.165, 1.54) is 0 Å². The molecule has 0 spiro atoms. The number of rotatable bonds is 2. The summed E-state index contributed by atoms with van der Waals surface area (Å²) in [4.78, 5) is 0. The number of nitrogen functional groups attached to an aromatic ring is 1. The molecular weight excluding hydrogens is 240 g/mol. The zero-order valence-corrected chi connectivity index (χ0v) is 10.8. The van der Waals surface area contributed by atoms with Crippen LogP contribution in [0.25, 0.3) is 0 Å². The fourth-order valence-electron chi connectivity index (χ4n) is 2.07. The molecule has 2 aromatic carbocycles. The number of ether oxygens (including phenoxy) is 2. The predicted octanol–water partition coefficient (Wildman–Crippen LogP) is 3.09. The molecule has 1 aliphatic heterocycles. The maximum Gasteiger partial charge on any atom is 0.163 e. The summed E-state index contributed by atoms with van der Waals surface area (Å²) < 4.78 is 11.1. The summed E-state index contributed by atoms with van der Waals surface area (Å²) in [5.41, 5.74) is 9.67. The number of hydrogen-bond donors (Lipinski definition) is 2. The quantitative estimate of drug-likeness (QED) is 0.811. The van der Waals surface area contributed by atoms with Crippen LogP contribution in [0.1, 0.15) is 5.56 Å². The van der Waals surface area contributed by atoms with Gasteiger partial charge in [-0.1, -0.05) is 6.07 Å². The number of nitrogens with two attached hydrogens (primary N) is 1. The maximum absolute atomic E-state index is 5.90. The molecule has 3 N–H and O–H groups in total. The van der Waals surface area contributed by atoms with Crippen LogP contribution in [0.5, 0.6) is 11.5 Å². The van der Waals surface area contributed by atoms with Gasteiger partial charge in [0.05, 0.1) is 0 Å². The summed E-state index contributed by atoms with van der Waals surface area (Å²) in [5, 5.41) is 3.35. The molecule has 0 aromatic heterocycles. The Balaban J connectivity index is 1.89. The van der Waals surface area contributed by atoms with Gasteiger partial charge in [0.25, 0.3) is 0 Å². The van der Waals surface area contributed by atoms with Crippen LogP contribution < -0.4 is 20.5 Å². The molecule has 4 nitrogen and oxygen atoms in total. The Bertz CT molecular complexity index is 611. The largest absolute Gasteiger partial charge is 0.486 e. The molecule has 0 bridgehead atoms. The highest BCUT2D eigenvalue weighted by molar-refractivity contribution is 5.70. The van der Waals surface area contributed by atoms with Gasteiger partial charge in [0.1, 0.15) is 13.2 Å². The van der Waals surface area contributed by atoms with E-state index < -0.39 is 0 Å². The van der Waals surface area contributed by atoms with Gasteiger partial charge in [-0.3, -0.25) is 0 Å². The molecule has 2 aromatic rings. The number of nitrogens with one attached hydrogen (secondary N) is 1. The van der Waals surface area contributed by atoms with Crippen molar-refractivity contribution >= 4 is 17.1 Å². The Kier molecular flexibility index (Phi) is 2.91. The van der Waals surface area contributed by atoms with Gasteiger partial charge in [0, 0.05) is 23.1 Å². The average Bonchev–Trinajstić information content (AvgIpc) is 2.44. The SMILES string of the molecule is Cc1c(N)cccc1Nc1ccc2c(c1)OCCO2. The highest BCUT2D eigenvalue weighted by atomic mass is 16.6. The zero-order chi connectivity index (χ0) is 13.2. The van der Waals surface area contributed by atoms with Crippen LogP contribution in [-0.2, 0) is 0 Å². The topological polar surface area (TPSA) is 56.5 Å². The van der Waals surface area contributed by atoms with E-state index in [2.05, 4.69) is 5.32 Å². The molecule has 0 aliphatic carbocycles. The monoisotopic (exact) mass is 256 g/mol. The van der Waals surface area contributed by atoms with Gasteiger partial charge in [-0.25, -0.2) is 0 Å². The van der Waals surface area contributed by atoms with Crippen molar-refractivity contribution in [1.82, 2.24) is 0 Å². The number of benzene rings is 2. The van der Waals surface area contributed by atoms with E-state index in [9.17, 15) is 0 Å². The van der Waals surface area contributed by atoms with E-state index in [0.717, 1.165) is 34.1 Å². The Morgan fingerprint density at radius 1 is 1.05 bits per heavy atom. The van der Waals surface area contributed by atoms with E-state index in [1.54, 1.807) is 0 Å². The molecule has 98 valence electrons. The van der Waals surface area contributed by atoms with Crippen LogP contribution in [0, 0.1) is 6.92 Å². The molecule has 0 radical (unpaired) electrons. The summed E-state index contributed by atoms with van der Waals surface area (Å²) in [7, 11) is 0. The molecule has 0 saturated carbocycles. The molecular formula is C15H16N2O2. The van der Waals surface area contributed by atoms with Crippen molar-refractivity contribution in [3.63, 3.8) is 0 Å². The van der Waals surface area contributed by atoms with Gasteiger partial charge in [-0.05, 0) is 36.8 Å². The number of fused-ring (bicyclic) bond motifs is 1. The Hall–Kier alpha value is -2.36. The standard InChI is InChI=1S/C15H16N2O2/c1-10-12(16)3-2-4-13(10)17-11-5-6-14-15(9-11)19-8-7-18-14/h2-6,9,17H,7-8,16H2,1H3.